The predicted octanol–water partition coefficient (Wildman–Crippen LogP) is 1.20. The van der Waals surface area contributed by atoms with Crippen molar-refractivity contribution in [2.75, 3.05) is 11.1 Å². The van der Waals surface area contributed by atoms with Gasteiger partial charge in [-0.05, 0) is 24.3 Å². The number of hydrogen-bond acceptors (Lipinski definition) is 3. The molecule has 15 heavy (non-hydrogen) atoms. The number of pyridine rings is 1. The molecule has 0 aliphatic rings. The van der Waals surface area contributed by atoms with Crippen LogP contribution in [0.1, 0.15) is 0 Å². The number of nitrogen functional groups attached to an aromatic ring is 1. The fourth-order valence-electron chi connectivity index (χ4n) is 1.24. The minimum Gasteiger partial charge on any atom is -0.397 e. The van der Waals surface area contributed by atoms with E-state index >= 15 is 0 Å². The summed E-state index contributed by atoms with van der Waals surface area (Å²) in [6.07, 6.45) is 1.61. The van der Waals surface area contributed by atoms with Crippen LogP contribution in [0, 0.1) is 0 Å². The number of aromatic nitrogens is 1. The lowest BCUT2D eigenvalue weighted by molar-refractivity contribution is 1.31. The Kier molecular flexibility index (Phi) is 2.58. The molecular weight excluding hydrogens is 185 g/mol. The monoisotopic (exact) mass is 195 g/mol. The molecule has 0 unspecified atom stereocenters. The zero-order valence-corrected chi connectivity index (χ0v) is 8.14. The summed E-state index contributed by atoms with van der Waals surface area (Å²) in [5, 5.41) is 3.13. The first kappa shape index (κ1) is 9.58. The van der Waals surface area contributed by atoms with Crippen molar-refractivity contribution in [2.24, 2.45) is 0 Å². The lowest BCUT2D eigenvalue weighted by atomic mass is 9.96. The average molecular weight is 195 g/mol. The topological polar surface area (TPSA) is 50.9 Å². The van der Waals surface area contributed by atoms with Crippen molar-refractivity contribution in [3.8, 4) is 0 Å². The molecule has 0 aliphatic carbocycles. The SMILES string of the molecule is [B]c1cccc(Nc2ccc(N)cn2)c1. The number of nitrogens with one attached hydrogen (secondary N) is 1. The van der Waals surface area contributed by atoms with Crippen molar-refractivity contribution in [3.05, 3.63) is 42.6 Å². The van der Waals surface area contributed by atoms with E-state index in [1.54, 1.807) is 12.3 Å². The highest BCUT2D eigenvalue weighted by atomic mass is 15.0. The van der Waals surface area contributed by atoms with Gasteiger partial charge in [0.15, 0.2) is 0 Å². The van der Waals surface area contributed by atoms with Crippen LogP contribution >= 0.6 is 0 Å². The summed E-state index contributed by atoms with van der Waals surface area (Å²) in [6, 6.07) is 11.1. The van der Waals surface area contributed by atoms with Gasteiger partial charge in [-0.15, -0.1) is 0 Å². The lowest BCUT2D eigenvalue weighted by Crippen LogP contribution is -2.03. The predicted molar refractivity (Wildman–Crippen MR) is 63.8 cm³/mol. The van der Waals surface area contributed by atoms with Gasteiger partial charge in [-0.1, -0.05) is 17.6 Å². The molecule has 0 fully saturated rings. The van der Waals surface area contributed by atoms with Gasteiger partial charge in [-0.3, -0.25) is 0 Å². The fourth-order valence-corrected chi connectivity index (χ4v) is 1.24. The van der Waals surface area contributed by atoms with Crippen LogP contribution in [0.25, 0.3) is 0 Å². The highest BCUT2D eigenvalue weighted by molar-refractivity contribution is 6.32. The van der Waals surface area contributed by atoms with Gasteiger partial charge in [-0.2, -0.15) is 0 Å². The molecule has 1 heterocycles. The Balaban J connectivity index is 2.18. The molecule has 1 aromatic heterocycles. The largest absolute Gasteiger partial charge is 0.397 e. The van der Waals surface area contributed by atoms with Gasteiger partial charge in [0.1, 0.15) is 13.7 Å². The summed E-state index contributed by atoms with van der Waals surface area (Å²) in [5.41, 5.74) is 7.81. The van der Waals surface area contributed by atoms with Crippen molar-refractivity contribution >= 4 is 30.5 Å². The number of anilines is 3. The van der Waals surface area contributed by atoms with Crippen molar-refractivity contribution < 1.29 is 0 Å². The van der Waals surface area contributed by atoms with Gasteiger partial charge in [0.2, 0.25) is 0 Å². The van der Waals surface area contributed by atoms with Crippen LogP contribution in [0.4, 0.5) is 17.2 Å². The third kappa shape index (κ3) is 2.50. The molecular formula is C11H10BN3. The number of benzene rings is 1. The number of nitrogens with zero attached hydrogens (tertiary/aromatic N) is 1. The minimum atomic E-state index is 0.646. The molecule has 0 atom stereocenters. The summed E-state index contributed by atoms with van der Waals surface area (Å²) >= 11 is 0. The zero-order chi connectivity index (χ0) is 10.7. The summed E-state index contributed by atoms with van der Waals surface area (Å²) in [6.45, 7) is 0. The fraction of sp³-hybridized carbons (Fsp3) is 0. The Hall–Kier alpha value is -1.97. The second kappa shape index (κ2) is 4.04. The molecule has 1 aromatic carbocycles. The molecule has 2 radical (unpaired) electrons. The van der Waals surface area contributed by atoms with E-state index < -0.39 is 0 Å². The maximum atomic E-state index is 5.66. The summed E-state index contributed by atoms with van der Waals surface area (Å²) < 4.78 is 0. The Bertz CT molecular complexity index is 454. The Morgan fingerprint density at radius 2 is 2.07 bits per heavy atom. The summed E-state index contributed by atoms with van der Waals surface area (Å²) in [7, 11) is 5.66. The Morgan fingerprint density at radius 1 is 1.20 bits per heavy atom. The van der Waals surface area contributed by atoms with Crippen molar-refractivity contribution in [1.29, 1.82) is 0 Å². The molecule has 0 saturated carbocycles. The van der Waals surface area contributed by atoms with Crippen molar-refractivity contribution in [1.82, 2.24) is 4.98 Å². The van der Waals surface area contributed by atoms with Crippen LogP contribution in [0.5, 0.6) is 0 Å². The zero-order valence-electron chi connectivity index (χ0n) is 8.14. The molecule has 2 rings (SSSR count). The molecule has 72 valence electrons. The third-order valence-corrected chi connectivity index (χ3v) is 1.95. The Labute approximate surface area is 89.7 Å². The normalized spacial score (nSPS) is 9.87. The van der Waals surface area contributed by atoms with Gasteiger partial charge >= 0.3 is 0 Å². The molecule has 0 bridgehead atoms. The highest BCUT2D eigenvalue weighted by Crippen LogP contribution is 2.13. The molecule has 3 N–H and O–H groups in total. The van der Waals surface area contributed by atoms with E-state index in [0.29, 0.717) is 5.69 Å². The first-order chi connectivity index (χ1) is 7.24. The van der Waals surface area contributed by atoms with E-state index in [4.69, 9.17) is 13.6 Å². The molecule has 0 saturated heterocycles. The molecule has 4 heteroatoms. The van der Waals surface area contributed by atoms with Crippen LogP contribution in [0.2, 0.25) is 0 Å². The third-order valence-electron chi connectivity index (χ3n) is 1.95. The first-order valence-corrected chi connectivity index (χ1v) is 4.58. The number of rotatable bonds is 2. The smallest absolute Gasteiger partial charge is 0.130 e. The van der Waals surface area contributed by atoms with E-state index in [1.165, 1.54) is 0 Å². The second-order valence-electron chi connectivity index (χ2n) is 3.23. The minimum absolute atomic E-state index is 0.646. The standard InChI is InChI=1S/C11H10BN3/c12-8-2-1-3-10(6-8)15-11-5-4-9(13)7-14-11/h1-7H,13H2,(H,14,15). The maximum Gasteiger partial charge on any atom is 0.130 e. The summed E-state index contributed by atoms with van der Waals surface area (Å²) in [5.74, 6) is 0.745. The first-order valence-electron chi connectivity index (χ1n) is 4.58. The average Bonchev–Trinajstić information content (AvgIpc) is 2.22. The molecule has 3 nitrogen and oxygen atoms in total. The molecule has 0 spiro atoms. The van der Waals surface area contributed by atoms with E-state index in [1.807, 2.05) is 30.3 Å². The van der Waals surface area contributed by atoms with Gasteiger partial charge in [0.05, 0.1) is 11.9 Å². The van der Waals surface area contributed by atoms with Crippen LogP contribution in [0.3, 0.4) is 0 Å². The lowest BCUT2D eigenvalue weighted by Gasteiger charge is -2.06. The van der Waals surface area contributed by atoms with Gasteiger partial charge in [-0.25, -0.2) is 4.98 Å². The molecule has 2 aromatic rings. The van der Waals surface area contributed by atoms with E-state index in [-0.39, 0.29) is 0 Å². The summed E-state index contributed by atoms with van der Waals surface area (Å²) in [4.78, 5) is 4.13. The van der Waals surface area contributed by atoms with Gasteiger partial charge < -0.3 is 11.1 Å². The number of nitrogens with two attached hydrogens (primary N) is 1. The van der Waals surface area contributed by atoms with Crippen molar-refractivity contribution in [2.45, 2.75) is 0 Å². The van der Waals surface area contributed by atoms with Gasteiger partial charge in [0.25, 0.3) is 0 Å². The number of hydrogen-bond donors (Lipinski definition) is 2. The van der Waals surface area contributed by atoms with Crippen molar-refractivity contribution in [3.63, 3.8) is 0 Å². The second-order valence-corrected chi connectivity index (χ2v) is 3.23. The maximum absolute atomic E-state index is 5.66. The molecule has 0 aliphatic heterocycles. The van der Waals surface area contributed by atoms with Crippen LogP contribution < -0.4 is 16.5 Å². The van der Waals surface area contributed by atoms with Gasteiger partial charge in [0, 0.05) is 5.69 Å². The van der Waals surface area contributed by atoms with E-state index in [2.05, 4.69) is 10.3 Å². The van der Waals surface area contributed by atoms with Crippen LogP contribution in [0.15, 0.2) is 42.6 Å². The quantitative estimate of drug-likeness (QED) is 0.708. The van der Waals surface area contributed by atoms with Crippen LogP contribution in [-0.4, -0.2) is 12.8 Å². The van der Waals surface area contributed by atoms with E-state index in [0.717, 1.165) is 17.0 Å². The Morgan fingerprint density at radius 3 is 2.73 bits per heavy atom. The van der Waals surface area contributed by atoms with E-state index in [9.17, 15) is 0 Å². The highest BCUT2D eigenvalue weighted by Gasteiger charge is 1.95. The molecule has 0 amide bonds. The van der Waals surface area contributed by atoms with Crippen LogP contribution in [-0.2, 0) is 0 Å².